The molecule has 0 bridgehead atoms. The highest BCUT2D eigenvalue weighted by molar-refractivity contribution is 7.09. The first-order valence-electron chi connectivity index (χ1n) is 7.79. The summed E-state index contributed by atoms with van der Waals surface area (Å²) in [6.07, 6.45) is 0. The molecular weight excluding hydrogens is 308 g/mol. The fourth-order valence-corrected chi connectivity index (χ4v) is 3.35. The molecule has 0 unspecified atom stereocenters. The Balaban J connectivity index is 2.04. The van der Waals surface area contributed by atoms with Crippen LogP contribution in [-0.4, -0.2) is 41.7 Å². The molecule has 23 heavy (non-hydrogen) atoms. The molecule has 1 saturated heterocycles. The van der Waals surface area contributed by atoms with Crippen molar-refractivity contribution in [3.05, 3.63) is 45.7 Å². The van der Waals surface area contributed by atoms with Crippen LogP contribution < -0.4 is 4.80 Å². The van der Waals surface area contributed by atoms with E-state index in [1.807, 2.05) is 30.3 Å². The molecule has 3 rings (SSSR count). The molecule has 1 aliphatic heterocycles. The van der Waals surface area contributed by atoms with Gasteiger partial charge in [-0.25, -0.2) is 4.99 Å². The molecule has 0 saturated carbocycles. The Hall–Kier alpha value is -1.92. The van der Waals surface area contributed by atoms with Crippen molar-refractivity contribution < 1.29 is 4.74 Å². The van der Waals surface area contributed by atoms with E-state index in [4.69, 9.17) is 14.7 Å². The summed E-state index contributed by atoms with van der Waals surface area (Å²) in [5.41, 5.74) is 2.17. The zero-order valence-corrected chi connectivity index (χ0v) is 14.6. The summed E-state index contributed by atoms with van der Waals surface area (Å²) in [4.78, 5) is 14.1. The van der Waals surface area contributed by atoms with Gasteiger partial charge in [-0.15, -0.1) is 11.3 Å². The van der Waals surface area contributed by atoms with Gasteiger partial charge in [0, 0.05) is 30.7 Å². The second-order valence-electron chi connectivity index (χ2n) is 5.54. The fourth-order valence-electron chi connectivity index (χ4n) is 2.39. The van der Waals surface area contributed by atoms with E-state index < -0.39 is 0 Å². The highest BCUT2D eigenvalue weighted by atomic mass is 32.1. The topological polar surface area (TPSA) is 42.1 Å². The minimum absolute atomic E-state index is 0.720. The Morgan fingerprint density at radius 2 is 1.83 bits per heavy atom. The van der Waals surface area contributed by atoms with E-state index in [2.05, 4.69) is 30.4 Å². The number of para-hydroxylation sites is 1. The lowest BCUT2D eigenvalue weighted by Crippen LogP contribution is -2.40. The van der Waals surface area contributed by atoms with E-state index in [0.29, 0.717) is 0 Å². The van der Waals surface area contributed by atoms with Crippen molar-refractivity contribution in [3.63, 3.8) is 0 Å². The van der Waals surface area contributed by atoms with Crippen molar-refractivity contribution in [2.24, 2.45) is 17.0 Å². The van der Waals surface area contributed by atoms with E-state index in [9.17, 15) is 0 Å². The van der Waals surface area contributed by atoms with Gasteiger partial charge in [0.2, 0.25) is 5.96 Å². The summed E-state index contributed by atoms with van der Waals surface area (Å²) in [5.74, 6) is 0.761. The second kappa shape index (κ2) is 7.10. The van der Waals surface area contributed by atoms with Gasteiger partial charge in [0.15, 0.2) is 4.80 Å². The van der Waals surface area contributed by atoms with Crippen LogP contribution in [-0.2, 0) is 11.8 Å². The molecular formula is C17H22N4OS. The van der Waals surface area contributed by atoms with Crippen LogP contribution in [0.1, 0.15) is 10.6 Å². The van der Waals surface area contributed by atoms with Crippen molar-refractivity contribution in [2.45, 2.75) is 13.8 Å². The predicted molar refractivity (Wildman–Crippen MR) is 94.3 cm³/mol. The molecule has 1 aromatic heterocycles. The molecule has 1 aromatic carbocycles. The maximum Gasteiger partial charge on any atom is 0.228 e. The van der Waals surface area contributed by atoms with Crippen LogP contribution in [0.25, 0.3) is 0 Å². The number of hydrogen-bond acceptors (Lipinski definition) is 3. The first-order valence-corrected chi connectivity index (χ1v) is 8.61. The number of aryl methyl sites for hydroxylation is 1. The molecule has 0 aliphatic carbocycles. The first-order chi connectivity index (χ1) is 11.1. The SMILES string of the molecule is Cc1sc(=NC(=Nc2ccccc2)N2CCOCC2)n(C)c1C. The van der Waals surface area contributed by atoms with E-state index in [-0.39, 0.29) is 0 Å². The fraction of sp³-hybridized carbons (Fsp3) is 0.412. The monoisotopic (exact) mass is 330 g/mol. The third-order valence-corrected chi connectivity index (χ3v) is 5.17. The highest BCUT2D eigenvalue weighted by Crippen LogP contribution is 2.13. The van der Waals surface area contributed by atoms with Crippen LogP contribution in [0, 0.1) is 13.8 Å². The Morgan fingerprint density at radius 1 is 1.13 bits per heavy atom. The number of ether oxygens (including phenoxy) is 1. The summed E-state index contributed by atoms with van der Waals surface area (Å²) in [6, 6.07) is 9.99. The smallest absolute Gasteiger partial charge is 0.228 e. The molecule has 0 atom stereocenters. The number of rotatable bonds is 1. The summed E-state index contributed by atoms with van der Waals surface area (Å²) in [5, 5.41) is 0. The van der Waals surface area contributed by atoms with Gasteiger partial charge in [-0.2, -0.15) is 4.99 Å². The van der Waals surface area contributed by atoms with E-state index in [0.717, 1.165) is 42.8 Å². The van der Waals surface area contributed by atoms with Crippen molar-refractivity contribution in [1.29, 1.82) is 0 Å². The number of morpholine rings is 1. The normalized spacial score (nSPS) is 16.9. The minimum atomic E-state index is 0.720. The Morgan fingerprint density at radius 3 is 2.43 bits per heavy atom. The lowest BCUT2D eigenvalue weighted by molar-refractivity contribution is 0.0675. The van der Waals surface area contributed by atoms with Gasteiger partial charge >= 0.3 is 0 Å². The van der Waals surface area contributed by atoms with E-state index in [1.54, 1.807) is 11.3 Å². The van der Waals surface area contributed by atoms with Crippen molar-refractivity contribution >= 4 is 23.0 Å². The largest absolute Gasteiger partial charge is 0.378 e. The summed E-state index contributed by atoms with van der Waals surface area (Å²) >= 11 is 1.70. The number of thiazole rings is 1. The van der Waals surface area contributed by atoms with E-state index >= 15 is 0 Å². The lowest BCUT2D eigenvalue weighted by Gasteiger charge is -2.27. The zero-order chi connectivity index (χ0) is 16.2. The standard InChI is InChI=1S/C17H22N4OS/c1-13-14(2)23-17(20(13)3)19-16(21-9-11-22-12-10-21)18-15-7-5-4-6-8-15/h4-8H,9-12H2,1-3H3. The van der Waals surface area contributed by atoms with Gasteiger partial charge in [0.1, 0.15) is 0 Å². The molecule has 0 radical (unpaired) electrons. The maximum absolute atomic E-state index is 5.46. The number of hydrogen-bond donors (Lipinski definition) is 0. The Kier molecular flexibility index (Phi) is 4.93. The number of aromatic nitrogens is 1. The highest BCUT2D eigenvalue weighted by Gasteiger charge is 2.15. The Bertz CT molecular complexity index is 755. The molecule has 2 heterocycles. The molecule has 2 aromatic rings. The van der Waals surface area contributed by atoms with Gasteiger partial charge < -0.3 is 14.2 Å². The van der Waals surface area contributed by atoms with Crippen LogP contribution in [0.4, 0.5) is 5.69 Å². The van der Waals surface area contributed by atoms with Crippen molar-refractivity contribution in [3.8, 4) is 0 Å². The molecule has 0 N–H and O–H groups in total. The van der Waals surface area contributed by atoms with Gasteiger partial charge in [-0.1, -0.05) is 18.2 Å². The Labute approximate surface area is 140 Å². The quantitative estimate of drug-likeness (QED) is 0.596. The third-order valence-electron chi connectivity index (χ3n) is 4.02. The van der Waals surface area contributed by atoms with Gasteiger partial charge in [-0.05, 0) is 26.0 Å². The van der Waals surface area contributed by atoms with E-state index in [1.165, 1.54) is 10.6 Å². The average molecular weight is 330 g/mol. The molecule has 1 fully saturated rings. The van der Waals surface area contributed by atoms with Crippen LogP contribution >= 0.6 is 11.3 Å². The van der Waals surface area contributed by atoms with Crippen molar-refractivity contribution in [1.82, 2.24) is 9.47 Å². The van der Waals surface area contributed by atoms with Gasteiger partial charge in [0.05, 0.1) is 18.9 Å². The third kappa shape index (κ3) is 3.71. The van der Waals surface area contributed by atoms with Gasteiger partial charge in [0.25, 0.3) is 0 Å². The molecule has 6 heteroatoms. The minimum Gasteiger partial charge on any atom is -0.378 e. The van der Waals surface area contributed by atoms with Gasteiger partial charge in [-0.3, -0.25) is 0 Å². The molecule has 0 spiro atoms. The molecule has 5 nitrogen and oxygen atoms in total. The predicted octanol–water partition coefficient (Wildman–Crippen LogP) is 2.62. The summed E-state index contributed by atoms with van der Waals surface area (Å²) in [6.45, 7) is 7.33. The average Bonchev–Trinajstić information content (AvgIpc) is 2.83. The molecule has 1 aliphatic rings. The number of nitrogens with zero attached hydrogens (tertiary/aromatic N) is 4. The summed E-state index contributed by atoms with van der Waals surface area (Å²) < 4.78 is 7.58. The van der Waals surface area contributed by atoms with Crippen LogP contribution in [0.2, 0.25) is 0 Å². The van der Waals surface area contributed by atoms with Crippen LogP contribution in [0.3, 0.4) is 0 Å². The summed E-state index contributed by atoms with van der Waals surface area (Å²) in [7, 11) is 2.05. The second-order valence-corrected chi connectivity index (χ2v) is 6.73. The lowest BCUT2D eigenvalue weighted by atomic mass is 10.3. The zero-order valence-electron chi connectivity index (χ0n) is 13.8. The molecule has 0 amide bonds. The number of aliphatic imine (C=N–C) groups is 1. The number of guanidine groups is 1. The van der Waals surface area contributed by atoms with Crippen LogP contribution in [0.5, 0.6) is 0 Å². The number of benzene rings is 1. The van der Waals surface area contributed by atoms with Crippen LogP contribution in [0.15, 0.2) is 40.3 Å². The van der Waals surface area contributed by atoms with Crippen molar-refractivity contribution in [2.75, 3.05) is 26.3 Å². The molecule has 122 valence electrons. The first kappa shape index (κ1) is 16.0. The maximum atomic E-state index is 5.46.